The van der Waals surface area contributed by atoms with Crippen LogP contribution in [0.5, 0.6) is 0 Å². The molecule has 0 radical (unpaired) electrons. The molecule has 0 bridgehead atoms. The van der Waals surface area contributed by atoms with E-state index in [4.69, 9.17) is 17.0 Å². The van der Waals surface area contributed by atoms with Crippen molar-refractivity contribution in [1.82, 2.24) is 0 Å². The van der Waals surface area contributed by atoms with Crippen LogP contribution in [0, 0.1) is 5.92 Å². The molecule has 0 aromatic carbocycles. The summed E-state index contributed by atoms with van der Waals surface area (Å²) in [5.74, 6) is 0.750. The molecule has 0 N–H and O–H groups in total. The van der Waals surface area contributed by atoms with Crippen LogP contribution in [0.15, 0.2) is 23.8 Å². The SMILES string of the molecule is CCCCC1C=CC(C)=C1.[Cl][Zr][Cl]. The molecule has 1 rings (SSSR count). The van der Waals surface area contributed by atoms with E-state index in [2.05, 4.69) is 32.1 Å². The molecule has 0 heterocycles. The predicted molar refractivity (Wildman–Crippen MR) is 57.6 cm³/mol. The Balaban J connectivity index is 0.000000424. The van der Waals surface area contributed by atoms with Gasteiger partial charge in [0, 0.05) is 0 Å². The first-order valence-electron chi connectivity index (χ1n) is 4.57. The molecule has 0 nitrogen and oxygen atoms in total. The van der Waals surface area contributed by atoms with Crippen molar-refractivity contribution in [2.24, 2.45) is 5.92 Å². The second-order valence-corrected chi connectivity index (χ2v) is 6.88. The first kappa shape index (κ1) is 13.9. The average molecular weight is 298 g/mol. The molecule has 1 atom stereocenters. The zero-order valence-corrected chi connectivity index (χ0v) is 12.2. The average Bonchev–Trinajstić information content (AvgIpc) is 2.49. The van der Waals surface area contributed by atoms with Gasteiger partial charge >= 0.3 is 37.9 Å². The maximum absolute atomic E-state index is 4.93. The van der Waals surface area contributed by atoms with Crippen LogP contribution < -0.4 is 0 Å². The van der Waals surface area contributed by atoms with Crippen LogP contribution >= 0.6 is 17.0 Å². The molecule has 1 aliphatic rings. The Morgan fingerprint density at radius 3 is 2.46 bits per heavy atom. The van der Waals surface area contributed by atoms with E-state index in [1.165, 1.54) is 24.8 Å². The predicted octanol–water partition coefficient (Wildman–Crippen LogP) is 4.69. The third-order valence-electron chi connectivity index (χ3n) is 1.97. The number of hydrogen-bond acceptors (Lipinski definition) is 0. The van der Waals surface area contributed by atoms with Gasteiger partial charge in [-0.25, -0.2) is 0 Å². The van der Waals surface area contributed by atoms with Gasteiger partial charge in [-0.15, -0.1) is 0 Å². The molecular weight excluding hydrogens is 282 g/mol. The van der Waals surface area contributed by atoms with Crippen molar-refractivity contribution in [3.8, 4) is 0 Å². The molecule has 1 unspecified atom stereocenters. The van der Waals surface area contributed by atoms with Crippen molar-refractivity contribution in [3.63, 3.8) is 0 Å². The molecule has 0 spiro atoms. The molecule has 1 aliphatic carbocycles. The molecule has 0 aromatic rings. The van der Waals surface area contributed by atoms with Gasteiger partial charge in [-0.1, -0.05) is 43.6 Å². The Morgan fingerprint density at radius 2 is 2.08 bits per heavy atom. The van der Waals surface area contributed by atoms with Gasteiger partial charge in [0.25, 0.3) is 0 Å². The zero-order valence-electron chi connectivity index (χ0n) is 8.19. The van der Waals surface area contributed by atoms with Crippen molar-refractivity contribution < 1.29 is 20.8 Å². The van der Waals surface area contributed by atoms with E-state index in [0.717, 1.165) is 5.92 Å². The van der Waals surface area contributed by atoms with Crippen LogP contribution in [0.2, 0.25) is 0 Å². The molecular formula is C10H16Cl2Zr. The van der Waals surface area contributed by atoms with Crippen LogP contribution in [0.1, 0.15) is 33.1 Å². The molecule has 0 amide bonds. The summed E-state index contributed by atoms with van der Waals surface area (Å²) >= 11 is -0.826. The minimum absolute atomic E-state index is 0.750. The minimum atomic E-state index is -0.826. The summed E-state index contributed by atoms with van der Waals surface area (Å²) in [6.07, 6.45) is 10.9. The van der Waals surface area contributed by atoms with Gasteiger partial charge in [0.2, 0.25) is 0 Å². The Bertz CT molecular complexity index is 176. The van der Waals surface area contributed by atoms with Crippen LogP contribution in [0.4, 0.5) is 0 Å². The van der Waals surface area contributed by atoms with E-state index < -0.39 is 20.8 Å². The van der Waals surface area contributed by atoms with Crippen molar-refractivity contribution in [1.29, 1.82) is 0 Å². The second-order valence-electron chi connectivity index (χ2n) is 3.15. The number of unbranched alkanes of at least 4 members (excludes halogenated alkanes) is 1. The molecule has 13 heavy (non-hydrogen) atoms. The fourth-order valence-electron chi connectivity index (χ4n) is 1.34. The molecule has 0 saturated heterocycles. The van der Waals surface area contributed by atoms with Gasteiger partial charge in [-0.3, -0.25) is 0 Å². The second kappa shape index (κ2) is 9.50. The topological polar surface area (TPSA) is 0 Å². The maximum atomic E-state index is 4.93. The van der Waals surface area contributed by atoms with E-state index >= 15 is 0 Å². The molecule has 74 valence electrons. The van der Waals surface area contributed by atoms with Crippen molar-refractivity contribution in [2.75, 3.05) is 0 Å². The standard InChI is InChI=1S/C10H16.2ClH.Zr/c1-3-4-5-10-7-6-9(2)8-10;;;/h6-8,10H,3-5H2,1-2H3;2*1H;/q;;;+2/p-2. The van der Waals surface area contributed by atoms with Crippen molar-refractivity contribution in [3.05, 3.63) is 23.8 Å². The summed E-state index contributed by atoms with van der Waals surface area (Å²) in [7, 11) is 9.87. The fourth-order valence-corrected chi connectivity index (χ4v) is 1.34. The number of hydrogen-bond donors (Lipinski definition) is 0. The van der Waals surface area contributed by atoms with E-state index in [0.29, 0.717) is 0 Å². The Kier molecular flexibility index (Phi) is 10.2. The summed E-state index contributed by atoms with van der Waals surface area (Å²) in [6.45, 7) is 4.41. The molecule has 3 heteroatoms. The van der Waals surface area contributed by atoms with Gasteiger partial charge < -0.3 is 0 Å². The molecule has 0 fully saturated rings. The quantitative estimate of drug-likeness (QED) is 0.709. The monoisotopic (exact) mass is 296 g/mol. The number of rotatable bonds is 3. The number of halogens is 2. The van der Waals surface area contributed by atoms with Gasteiger partial charge in [0.05, 0.1) is 0 Å². The first-order valence-corrected chi connectivity index (χ1v) is 10.9. The molecule has 0 aliphatic heterocycles. The van der Waals surface area contributed by atoms with E-state index in [-0.39, 0.29) is 0 Å². The Morgan fingerprint density at radius 1 is 1.46 bits per heavy atom. The normalized spacial score (nSPS) is 19.1. The van der Waals surface area contributed by atoms with Crippen molar-refractivity contribution in [2.45, 2.75) is 33.1 Å². The van der Waals surface area contributed by atoms with E-state index in [1.807, 2.05) is 0 Å². The number of allylic oxidation sites excluding steroid dienone is 4. The first-order chi connectivity index (χ1) is 6.24. The molecule has 0 saturated carbocycles. The van der Waals surface area contributed by atoms with Crippen LogP contribution in [-0.4, -0.2) is 0 Å². The molecule has 0 aromatic heterocycles. The van der Waals surface area contributed by atoms with E-state index in [1.54, 1.807) is 0 Å². The van der Waals surface area contributed by atoms with Crippen molar-refractivity contribution >= 4 is 17.0 Å². The van der Waals surface area contributed by atoms with Gasteiger partial charge in [-0.2, -0.15) is 0 Å². The van der Waals surface area contributed by atoms with E-state index in [9.17, 15) is 0 Å². The third kappa shape index (κ3) is 7.97. The summed E-state index contributed by atoms with van der Waals surface area (Å²) in [4.78, 5) is 0. The van der Waals surface area contributed by atoms with Crippen LogP contribution in [0.3, 0.4) is 0 Å². The summed E-state index contributed by atoms with van der Waals surface area (Å²) in [6, 6.07) is 0. The zero-order chi connectivity index (χ0) is 10.1. The third-order valence-corrected chi connectivity index (χ3v) is 1.97. The summed E-state index contributed by atoms with van der Waals surface area (Å²) in [5, 5.41) is 0. The van der Waals surface area contributed by atoms with Gasteiger partial charge in [0.15, 0.2) is 0 Å². The van der Waals surface area contributed by atoms with Gasteiger partial charge in [0.1, 0.15) is 0 Å². The Labute approximate surface area is 100 Å². The summed E-state index contributed by atoms with van der Waals surface area (Å²) < 4.78 is 0. The fraction of sp³-hybridized carbons (Fsp3) is 0.600. The Hall–Kier alpha value is 0.943. The van der Waals surface area contributed by atoms with Crippen LogP contribution in [-0.2, 0) is 20.8 Å². The van der Waals surface area contributed by atoms with Gasteiger partial charge in [-0.05, 0) is 19.3 Å². The summed E-state index contributed by atoms with van der Waals surface area (Å²) in [5.41, 5.74) is 1.43. The van der Waals surface area contributed by atoms with Crippen LogP contribution in [0.25, 0.3) is 0 Å².